The number of ether oxygens (including phenoxy) is 2. The normalized spacial score (nSPS) is 11.1. The van der Waals surface area contributed by atoms with Gasteiger partial charge >= 0.3 is 5.97 Å². The van der Waals surface area contributed by atoms with Crippen molar-refractivity contribution in [3.63, 3.8) is 0 Å². The molecule has 0 radical (unpaired) electrons. The molecule has 1 aromatic heterocycles. The number of halogens is 1. The van der Waals surface area contributed by atoms with Crippen molar-refractivity contribution in [1.29, 1.82) is 0 Å². The van der Waals surface area contributed by atoms with E-state index in [1.54, 1.807) is 24.4 Å². The molecule has 2 aromatic rings. The Morgan fingerprint density at radius 2 is 2.21 bits per heavy atom. The quantitative estimate of drug-likeness (QED) is 0.242. The summed E-state index contributed by atoms with van der Waals surface area (Å²) in [6.07, 6.45) is 4.89. The highest BCUT2D eigenvalue weighted by molar-refractivity contribution is 7.13. The average Bonchev–Trinajstić information content (AvgIpc) is 3.10. The van der Waals surface area contributed by atoms with Gasteiger partial charge < -0.3 is 9.47 Å². The molecule has 1 heterocycles. The fourth-order valence-electron chi connectivity index (χ4n) is 2.36. The minimum absolute atomic E-state index is 0.128. The number of unbranched alkanes of at least 4 members (excludes halogenated alkanes) is 2. The van der Waals surface area contributed by atoms with Crippen molar-refractivity contribution in [2.45, 2.75) is 46.1 Å². The molecule has 0 atom stereocenters. The Morgan fingerprint density at radius 1 is 1.36 bits per heavy atom. The van der Waals surface area contributed by atoms with Gasteiger partial charge in [0.2, 0.25) is 5.13 Å². The third-order valence-corrected chi connectivity index (χ3v) is 4.58. The first kappa shape index (κ1) is 22.0. The topological polar surface area (TPSA) is 72.8 Å². The standard InChI is InChI=1S/C20H26FN3O3S/c1-3-5-6-9-26-13-16-8-7-15(10-18(16)21)12-22-24-20-23-17(14-28-20)11-19(25)27-4-2/h7-8,10,12,14H,3-6,9,11,13H2,1-2H3,(H,23,24). The summed E-state index contributed by atoms with van der Waals surface area (Å²) in [5.41, 5.74) is 4.57. The summed E-state index contributed by atoms with van der Waals surface area (Å²) >= 11 is 1.33. The predicted octanol–water partition coefficient (Wildman–Crippen LogP) is 4.54. The summed E-state index contributed by atoms with van der Waals surface area (Å²) in [6, 6.07) is 4.91. The minimum Gasteiger partial charge on any atom is -0.466 e. The van der Waals surface area contributed by atoms with Gasteiger partial charge in [0.15, 0.2) is 0 Å². The van der Waals surface area contributed by atoms with Gasteiger partial charge in [-0.1, -0.05) is 31.9 Å². The Bertz CT molecular complexity index is 780. The molecule has 1 N–H and O–H groups in total. The highest BCUT2D eigenvalue weighted by Crippen LogP contribution is 2.16. The molecule has 0 aliphatic heterocycles. The summed E-state index contributed by atoms with van der Waals surface area (Å²) in [5, 5.41) is 6.38. The third-order valence-electron chi connectivity index (χ3n) is 3.78. The van der Waals surface area contributed by atoms with Crippen LogP contribution in [0.1, 0.15) is 49.9 Å². The summed E-state index contributed by atoms with van der Waals surface area (Å²) in [7, 11) is 0. The van der Waals surface area contributed by atoms with Crippen LogP contribution < -0.4 is 5.43 Å². The van der Waals surface area contributed by atoms with Crippen LogP contribution in [0.25, 0.3) is 0 Å². The van der Waals surface area contributed by atoms with Gasteiger partial charge in [-0.15, -0.1) is 11.3 Å². The molecule has 8 heteroatoms. The summed E-state index contributed by atoms with van der Waals surface area (Å²) in [6.45, 7) is 5.15. The van der Waals surface area contributed by atoms with E-state index in [1.807, 2.05) is 0 Å². The van der Waals surface area contributed by atoms with Crippen molar-refractivity contribution in [3.8, 4) is 0 Å². The van der Waals surface area contributed by atoms with Crippen LogP contribution >= 0.6 is 11.3 Å². The number of nitrogens with one attached hydrogen (secondary N) is 1. The molecule has 6 nitrogen and oxygen atoms in total. The van der Waals surface area contributed by atoms with Gasteiger partial charge in [-0.25, -0.2) is 9.37 Å². The van der Waals surface area contributed by atoms with E-state index < -0.39 is 0 Å². The number of aromatic nitrogens is 1. The van der Waals surface area contributed by atoms with Crippen LogP contribution in [0.2, 0.25) is 0 Å². The number of hydrogen-bond acceptors (Lipinski definition) is 7. The molecule has 0 saturated carbocycles. The number of hydrazone groups is 1. The molecule has 0 fully saturated rings. The zero-order chi connectivity index (χ0) is 20.2. The van der Waals surface area contributed by atoms with Crippen molar-refractivity contribution in [3.05, 3.63) is 46.2 Å². The Labute approximate surface area is 168 Å². The summed E-state index contributed by atoms with van der Waals surface area (Å²) in [5.74, 6) is -0.627. The third kappa shape index (κ3) is 7.74. The molecule has 152 valence electrons. The predicted molar refractivity (Wildman–Crippen MR) is 109 cm³/mol. The first-order chi connectivity index (χ1) is 13.6. The second kappa shape index (κ2) is 12.2. The van der Waals surface area contributed by atoms with Gasteiger partial charge in [-0.2, -0.15) is 5.10 Å². The summed E-state index contributed by atoms with van der Waals surface area (Å²) < 4.78 is 24.5. The lowest BCUT2D eigenvalue weighted by Crippen LogP contribution is -2.07. The lowest BCUT2D eigenvalue weighted by molar-refractivity contribution is -0.142. The molecule has 28 heavy (non-hydrogen) atoms. The van der Waals surface area contributed by atoms with Crippen LogP contribution in [-0.4, -0.2) is 30.4 Å². The number of carbonyl (C=O) groups is 1. The Kier molecular flexibility index (Phi) is 9.57. The second-order valence-corrected chi connectivity index (χ2v) is 6.96. The van der Waals surface area contributed by atoms with Crippen LogP contribution in [0.5, 0.6) is 0 Å². The molecule has 0 bridgehead atoms. The zero-order valence-corrected chi connectivity index (χ0v) is 17.1. The van der Waals surface area contributed by atoms with E-state index in [4.69, 9.17) is 9.47 Å². The number of nitrogens with zero attached hydrogens (tertiary/aromatic N) is 2. The molecular formula is C20H26FN3O3S. The summed E-state index contributed by atoms with van der Waals surface area (Å²) in [4.78, 5) is 15.7. The van der Waals surface area contributed by atoms with E-state index in [9.17, 15) is 9.18 Å². The number of carbonyl (C=O) groups excluding carboxylic acids is 1. The molecule has 1 aromatic carbocycles. The monoisotopic (exact) mass is 407 g/mol. The maximum atomic E-state index is 14.1. The Morgan fingerprint density at radius 3 is 2.96 bits per heavy atom. The molecule has 0 saturated heterocycles. The first-order valence-electron chi connectivity index (χ1n) is 9.37. The number of rotatable bonds is 12. The van der Waals surface area contributed by atoms with Gasteiger partial charge in [-0.05, 0) is 25.0 Å². The van der Waals surface area contributed by atoms with Gasteiger partial charge in [0.1, 0.15) is 5.82 Å². The molecule has 2 rings (SSSR count). The van der Waals surface area contributed by atoms with Crippen molar-refractivity contribution < 1.29 is 18.7 Å². The smallest absolute Gasteiger partial charge is 0.311 e. The molecule has 0 unspecified atom stereocenters. The maximum Gasteiger partial charge on any atom is 0.311 e. The van der Waals surface area contributed by atoms with E-state index in [1.165, 1.54) is 23.6 Å². The molecular weight excluding hydrogens is 381 g/mol. The number of thiazole rings is 1. The average molecular weight is 408 g/mol. The van der Waals surface area contributed by atoms with E-state index in [-0.39, 0.29) is 24.8 Å². The highest BCUT2D eigenvalue weighted by atomic mass is 32.1. The van der Waals surface area contributed by atoms with Crippen LogP contribution in [-0.2, 0) is 27.3 Å². The van der Waals surface area contributed by atoms with Crippen LogP contribution in [0, 0.1) is 5.82 Å². The molecule has 0 aliphatic carbocycles. The lowest BCUT2D eigenvalue weighted by Gasteiger charge is -2.06. The van der Waals surface area contributed by atoms with E-state index >= 15 is 0 Å². The maximum absolute atomic E-state index is 14.1. The van der Waals surface area contributed by atoms with E-state index in [0.717, 1.165) is 19.3 Å². The van der Waals surface area contributed by atoms with Crippen LogP contribution in [0.4, 0.5) is 9.52 Å². The number of benzene rings is 1. The van der Waals surface area contributed by atoms with Crippen LogP contribution in [0.3, 0.4) is 0 Å². The first-order valence-corrected chi connectivity index (χ1v) is 10.3. The highest BCUT2D eigenvalue weighted by Gasteiger charge is 2.08. The SMILES string of the molecule is CCCCCOCc1ccc(C=NNc2nc(CC(=O)OCC)cs2)cc1F. The largest absolute Gasteiger partial charge is 0.466 e. The second-order valence-electron chi connectivity index (χ2n) is 6.11. The zero-order valence-electron chi connectivity index (χ0n) is 16.2. The van der Waals surface area contributed by atoms with E-state index in [0.29, 0.717) is 35.2 Å². The molecule has 0 amide bonds. The van der Waals surface area contributed by atoms with Gasteiger partial charge in [-0.3, -0.25) is 10.2 Å². The number of esters is 1. The molecule has 0 spiro atoms. The number of hydrogen-bond donors (Lipinski definition) is 1. The van der Waals surface area contributed by atoms with Crippen molar-refractivity contribution >= 4 is 28.7 Å². The van der Waals surface area contributed by atoms with Crippen molar-refractivity contribution in [2.75, 3.05) is 18.6 Å². The van der Waals surface area contributed by atoms with Gasteiger partial charge in [0.25, 0.3) is 0 Å². The fraction of sp³-hybridized carbons (Fsp3) is 0.450. The molecule has 0 aliphatic rings. The van der Waals surface area contributed by atoms with Crippen molar-refractivity contribution in [1.82, 2.24) is 4.98 Å². The van der Waals surface area contributed by atoms with Gasteiger partial charge in [0.05, 0.1) is 31.5 Å². The fourth-order valence-corrected chi connectivity index (χ4v) is 3.02. The van der Waals surface area contributed by atoms with Crippen molar-refractivity contribution in [2.24, 2.45) is 5.10 Å². The Balaban J connectivity index is 1.81. The van der Waals surface area contributed by atoms with E-state index in [2.05, 4.69) is 22.4 Å². The lowest BCUT2D eigenvalue weighted by atomic mass is 10.1. The van der Waals surface area contributed by atoms with Crippen LogP contribution in [0.15, 0.2) is 28.7 Å². The Hall–Kier alpha value is -2.32. The number of anilines is 1. The minimum atomic E-state index is -0.314. The van der Waals surface area contributed by atoms with Gasteiger partial charge in [0, 0.05) is 17.6 Å².